The van der Waals surface area contributed by atoms with E-state index >= 15 is 0 Å². The molecule has 0 unspecified atom stereocenters. The number of nitrogens with one attached hydrogen (secondary N) is 1. The van der Waals surface area contributed by atoms with Crippen molar-refractivity contribution in [1.82, 2.24) is 15.3 Å². The van der Waals surface area contributed by atoms with Crippen LogP contribution in [-0.2, 0) is 17.7 Å². The number of fused-ring (bicyclic) bond motifs is 1. The largest absolute Gasteiger partial charge is 0.378 e. The standard InChI is InChI=1S/C23H21FN4O2/c24-19-4-2-1-3-18(19)20-12-15(22-21(27-20)14-26-23(22)29)11-16-5-6-17(13-25-16)28-7-9-30-10-8-28/h1-6,12-13H,7-11,14H2,(H,26,29). The van der Waals surface area contributed by atoms with Crippen LogP contribution in [0.5, 0.6) is 0 Å². The average Bonchev–Trinajstić information content (AvgIpc) is 3.16. The SMILES string of the molecule is O=C1NCc2nc(-c3ccccc3F)cc(Cc3ccc(N4CCOCC4)cn3)c21. The molecule has 7 heteroatoms. The highest BCUT2D eigenvalue weighted by molar-refractivity contribution is 5.99. The van der Waals surface area contributed by atoms with E-state index < -0.39 is 0 Å². The number of amides is 1. The lowest BCUT2D eigenvalue weighted by atomic mass is 9.99. The molecular weight excluding hydrogens is 383 g/mol. The highest BCUT2D eigenvalue weighted by atomic mass is 19.1. The fourth-order valence-corrected chi connectivity index (χ4v) is 3.98. The number of pyridine rings is 2. The van der Waals surface area contributed by atoms with Gasteiger partial charge in [-0.15, -0.1) is 0 Å². The molecule has 2 aliphatic heterocycles. The average molecular weight is 404 g/mol. The quantitative estimate of drug-likeness (QED) is 0.724. The Kier molecular flexibility index (Phi) is 4.88. The van der Waals surface area contributed by atoms with Crippen LogP contribution in [0.15, 0.2) is 48.7 Å². The van der Waals surface area contributed by atoms with Gasteiger partial charge in [0.05, 0.1) is 48.6 Å². The molecule has 3 aromatic rings. The molecule has 1 aromatic carbocycles. The van der Waals surface area contributed by atoms with Gasteiger partial charge < -0.3 is 15.0 Å². The summed E-state index contributed by atoms with van der Waals surface area (Å²) in [6.07, 6.45) is 2.34. The van der Waals surface area contributed by atoms with Crippen molar-refractivity contribution >= 4 is 11.6 Å². The minimum Gasteiger partial charge on any atom is -0.378 e. The molecule has 0 bridgehead atoms. The molecule has 30 heavy (non-hydrogen) atoms. The van der Waals surface area contributed by atoms with Crippen molar-refractivity contribution < 1.29 is 13.9 Å². The smallest absolute Gasteiger partial charge is 0.253 e. The number of carbonyl (C=O) groups excluding carboxylic acids is 1. The summed E-state index contributed by atoms with van der Waals surface area (Å²) in [5, 5.41) is 2.82. The summed E-state index contributed by atoms with van der Waals surface area (Å²) in [5.74, 6) is -0.473. The lowest BCUT2D eigenvalue weighted by Gasteiger charge is -2.28. The van der Waals surface area contributed by atoms with Crippen LogP contribution in [0.25, 0.3) is 11.3 Å². The Balaban J connectivity index is 1.48. The molecule has 0 aliphatic carbocycles. The maximum absolute atomic E-state index is 14.3. The van der Waals surface area contributed by atoms with E-state index in [1.807, 2.05) is 18.3 Å². The number of aromatic nitrogens is 2. The van der Waals surface area contributed by atoms with E-state index in [9.17, 15) is 9.18 Å². The zero-order chi connectivity index (χ0) is 20.5. The monoisotopic (exact) mass is 404 g/mol. The second kappa shape index (κ2) is 7.84. The number of rotatable bonds is 4. The summed E-state index contributed by atoms with van der Waals surface area (Å²) in [6.45, 7) is 3.50. The Labute approximate surface area is 173 Å². The number of benzene rings is 1. The van der Waals surface area contributed by atoms with E-state index in [1.54, 1.807) is 24.3 Å². The van der Waals surface area contributed by atoms with Crippen molar-refractivity contribution in [2.24, 2.45) is 0 Å². The highest BCUT2D eigenvalue weighted by Crippen LogP contribution is 2.28. The van der Waals surface area contributed by atoms with E-state index in [0.717, 1.165) is 43.2 Å². The Morgan fingerprint density at radius 3 is 2.73 bits per heavy atom. The molecule has 0 atom stereocenters. The molecule has 6 nitrogen and oxygen atoms in total. The predicted molar refractivity (Wildman–Crippen MR) is 111 cm³/mol. The molecule has 152 valence electrons. The lowest BCUT2D eigenvalue weighted by Crippen LogP contribution is -2.36. The third kappa shape index (κ3) is 3.52. The summed E-state index contributed by atoms with van der Waals surface area (Å²) in [7, 11) is 0. The zero-order valence-corrected chi connectivity index (χ0v) is 16.4. The third-order valence-electron chi connectivity index (χ3n) is 5.53. The first-order chi connectivity index (χ1) is 14.7. The lowest BCUT2D eigenvalue weighted by molar-refractivity contribution is 0.0965. The number of nitrogens with zero attached hydrogens (tertiary/aromatic N) is 3. The third-order valence-corrected chi connectivity index (χ3v) is 5.53. The Morgan fingerprint density at radius 1 is 1.13 bits per heavy atom. The molecule has 0 saturated carbocycles. The molecule has 1 N–H and O–H groups in total. The van der Waals surface area contributed by atoms with Crippen molar-refractivity contribution in [1.29, 1.82) is 0 Å². The molecule has 0 spiro atoms. The Hall–Kier alpha value is -3.32. The number of anilines is 1. The fourth-order valence-electron chi connectivity index (χ4n) is 3.98. The number of halogens is 1. The van der Waals surface area contributed by atoms with Crippen LogP contribution in [0.1, 0.15) is 27.3 Å². The maximum atomic E-state index is 14.3. The summed E-state index contributed by atoms with van der Waals surface area (Å²) < 4.78 is 19.7. The second-order valence-corrected chi connectivity index (χ2v) is 7.43. The van der Waals surface area contributed by atoms with E-state index in [0.29, 0.717) is 35.5 Å². The number of ether oxygens (including phenoxy) is 1. The van der Waals surface area contributed by atoms with Crippen LogP contribution in [0, 0.1) is 5.82 Å². The summed E-state index contributed by atoms with van der Waals surface area (Å²) in [5.41, 5.74) is 4.90. The minimum atomic E-state index is -0.332. The predicted octanol–water partition coefficient (Wildman–Crippen LogP) is 2.95. The minimum absolute atomic E-state index is 0.141. The van der Waals surface area contributed by atoms with Crippen molar-refractivity contribution in [2.45, 2.75) is 13.0 Å². The molecule has 1 saturated heterocycles. The number of morpholine rings is 1. The van der Waals surface area contributed by atoms with Gasteiger partial charge in [0.25, 0.3) is 5.91 Å². The first-order valence-corrected chi connectivity index (χ1v) is 10.0. The molecule has 0 radical (unpaired) electrons. The molecule has 1 amide bonds. The van der Waals surface area contributed by atoms with Gasteiger partial charge in [-0.2, -0.15) is 0 Å². The van der Waals surface area contributed by atoms with E-state index in [-0.39, 0.29) is 11.7 Å². The van der Waals surface area contributed by atoms with E-state index in [1.165, 1.54) is 6.07 Å². The molecule has 1 fully saturated rings. The Morgan fingerprint density at radius 2 is 1.97 bits per heavy atom. The number of hydrogen-bond acceptors (Lipinski definition) is 5. The van der Waals surface area contributed by atoms with Crippen LogP contribution in [0.3, 0.4) is 0 Å². The van der Waals surface area contributed by atoms with Crippen LogP contribution < -0.4 is 10.2 Å². The molecule has 2 aliphatic rings. The summed E-state index contributed by atoms with van der Waals surface area (Å²) in [4.78, 5) is 23.8. The topological polar surface area (TPSA) is 67.4 Å². The van der Waals surface area contributed by atoms with Gasteiger partial charge in [-0.1, -0.05) is 12.1 Å². The maximum Gasteiger partial charge on any atom is 0.253 e. The molecule has 2 aromatic heterocycles. The van der Waals surface area contributed by atoms with Gasteiger partial charge in [0, 0.05) is 30.8 Å². The molecule has 4 heterocycles. The van der Waals surface area contributed by atoms with Crippen LogP contribution >= 0.6 is 0 Å². The van der Waals surface area contributed by atoms with Crippen molar-refractivity contribution in [2.75, 3.05) is 31.2 Å². The van der Waals surface area contributed by atoms with Gasteiger partial charge in [0.1, 0.15) is 5.82 Å². The normalized spacial score (nSPS) is 15.8. The van der Waals surface area contributed by atoms with Crippen LogP contribution in [-0.4, -0.2) is 42.2 Å². The summed E-state index contributed by atoms with van der Waals surface area (Å²) in [6, 6.07) is 12.4. The Bertz CT molecular complexity index is 1090. The zero-order valence-electron chi connectivity index (χ0n) is 16.4. The number of hydrogen-bond donors (Lipinski definition) is 1. The summed E-state index contributed by atoms with van der Waals surface area (Å²) >= 11 is 0. The van der Waals surface area contributed by atoms with Crippen molar-refractivity contribution in [3.63, 3.8) is 0 Å². The van der Waals surface area contributed by atoms with Crippen LogP contribution in [0.2, 0.25) is 0 Å². The first kappa shape index (κ1) is 18.7. The van der Waals surface area contributed by atoms with E-state index in [4.69, 9.17) is 4.74 Å². The number of carbonyl (C=O) groups is 1. The van der Waals surface area contributed by atoms with E-state index in [2.05, 4.69) is 20.2 Å². The first-order valence-electron chi connectivity index (χ1n) is 10.0. The van der Waals surface area contributed by atoms with Crippen molar-refractivity contribution in [3.05, 3.63) is 77.0 Å². The van der Waals surface area contributed by atoms with Crippen molar-refractivity contribution in [3.8, 4) is 11.3 Å². The van der Waals surface area contributed by atoms with Gasteiger partial charge in [0.15, 0.2) is 0 Å². The van der Waals surface area contributed by atoms with Gasteiger partial charge in [-0.25, -0.2) is 9.37 Å². The molecular formula is C23H21FN4O2. The van der Waals surface area contributed by atoms with Gasteiger partial charge >= 0.3 is 0 Å². The molecule has 5 rings (SSSR count). The van der Waals surface area contributed by atoms with Gasteiger partial charge in [0.2, 0.25) is 0 Å². The van der Waals surface area contributed by atoms with Crippen LogP contribution in [0.4, 0.5) is 10.1 Å². The highest BCUT2D eigenvalue weighted by Gasteiger charge is 2.26. The van der Waals surface area contributed by atoms with Gasteiger partial charge in [-0.05, 0) is 35.9 Å². The second-order valence-electron chi connectivity index (χ2n) is 7.43. The van der Waals surface area contributed by atoms with Gasteiger partial charge in [-0.3, -0.25) is 9.78 Å². The fraction of sp³-hybridized carbons (Fsp3) is 0.261.